The second-order valence-corrected chi connectivity index (χ2v) is 5.82. The number of hydrogen-bond acceptors (Lipinski definition) is 2. The molecular weight excluding hydrogens is 324 g/mol. The number of pyridine rings is 1. The molecule has 3 heteroatoms. The van der Waals surface area contributed by atoms with Gasteiger partial charge in [-0.15, -0.1) is 0 Å². The Labute approximate surface area is 133 Å². The van der Waals surface area contributed by atoms with Gasteiger partial charge in [0.2, 0.25) is 0 Å². The second kappa shape index (κ2) is 6.37. The van der Waals surface area contributed by atoms with Gasteiger partial charge < -0.3 is 5.32 Å². The van der Waals surface area contributed by atoms with Crippen molar-refractivity contribution in [1.29, 1.82) is 0 Å². The van der Waals surface area contributed by atoms with Gasteiger partial charge >= 0.3 is 0 Å². The van der Waals surface area contributed by atoms with E-state index in [4.69, 9.17) is 0 Å². The molecule has 21 heavy (non-hydrogen) atoms. The molecule has 3 aromatic rings. The minimum Gasteiger partial charge on any atom is -0.306 e. The van der Waals surface area contributed by atoms with Crippen LogP contribution < -0.4 is 5.32 Å². The molecule has 0 fully saturated rings. The normalized spacial score (nSPS) is 12.5. The van der Waals surface area contributed by atoms with Crippen LogP contribution in [-0.4, -0.2) is 11.5 Å². The van der Waals surface area contributed by atoms with Crippen LogP contribution in [0, 0.1) is 0 Å². The van der Waals surface area contributed by atoms with Gasteiger partial charge in [-0.05, 0) is 35.9 Å². The summed E-state index contributed by atoms with van der Waals surface area (Å²) in [5, 5.41) is 4.73. The smallest absolute Gasteiger partial charge is 0.0705 e. The summed E-state index contributed by atoms with van der Waals surface area (Å²) >= 11 is 3.66. The molecule has 0 aliphatic carbocycles. The van der Waals surface area contributed by atoms with Gasteiger partial charge in [0.15, 0.2) is 0 Å². The zero-order valence-electron chi connectivity index (χ0n) is 11.9. The van der Waals surface area contributed by atoms with Gasteiger partial charge in [0.05, 0.1) is 11.6 Å². The number of halogens is 1. The summed E-state index contributed by atoms with van der Waals surface area (Å²) in [6, 6.07) is 19.1. The SMILES string of the molecule is CCNC(c1ccc2cccnc2c1)c1ccccc1Br. The molecule has 1 atom stereocenters. The van der Waals surface area contributed by atoms with E-state index in [-0.39, 0.29) is 6.04 Å². The van der Waals surface area contributed by atoms with Crippen molar-refractivity contribution in [3.8, 4) is 0 Å². The van der Waals surface area contributed by atoms with Crippen LogP contribution in [-0.2, 0) is 0 Å². The van der Waals surface area contributed by atoms with E-state index in [9.17, 15) is 0 Å². The number of fused-ring (bicyclic) bond motifs is 1. The summed E-state index contributed by atoms with van der Waals surface area (Å²) in [5.74, 6) is 0. The molecule has 0 bridgehead atoms. The van der Waals surface area contributed by atoms with Crippen LogP contribution in [0.25, 0.3) is 10.9 Å². The monoisotopic (exact) mass is 340 g/mol. The van der Waals surface area contributed by atoms with Crippen LogP contribution in [0.4, 0.5) is 0 Å². The molecule has 1 N–H and O–H groups in total. The molecule has 0 aliphatic heterocycles. The standard InChI is InChI=1S/C18H17BrN2/c1-2-20-18(15-7-3-4-8-16(15)19)14-10-9-13-6-5-11-21-17(13)12-14/h3-12,18,20H,2H2,1H3. The van der Waals surface area contributed by atoms with Crippen molar-refractivity contribution in [2.45, 2.75) is 13.0 Å². The van der Waals surface area contributed by atoms with Gasteiger partial charge in [0.25, 0.3) is 0 Å². The highest BCUT2D eigenvalue weighted by molar-refractivity contribution is 9.10. The Hall–Kier alpha value is -1.71. The molecule has 0 amide bonds. The average Bonchev–Trinajstić information content (AvgIpc) is 2.53. The lowest BCUT2D eigenvalue weighted by Gasteiger charge is -2.20. The Morgan fingerprint density at radius 1 is 1.10 bits per heavy atom. The highest BCUT2D eigenvalue weighted by Gasteiger charge is 2.15. The van der Waals surface area contributed by atoms with Gasteiger partial charge in [-0.3, -0.25) is 4.98 Å². The Bertz CT molecular complexity index is 755. The summed E-state index contributed by atoms with van der Waals surface area (Å²) in [6.07, 6.45) is 1.84. The van der Waals surface area contributed by atoms with Crippen molar-refractivity contribution in [2.24, 2.45) is 0 Å². The number of rotatable bonds is 4. The molecule has 1 unspecified atom stereocenters. The number of aromatic nitrogens is 1. The van der Waals surface area contributed by atoms with Crippen molar-refractivity contribution in [1.82, 2.24) is 10.3 Å². The minimum absolute atomic E-state index is 0.164. The zero-order chi connectivity index (χ0) is 14.7. The maximum absolute atomic E-state index is 4.46. The molecule has 2 nitrogen and oxygen atoms in total. The van der Waals surface area contributed by atoms with Crippen LogP contribution in [0.5, 0.6) is 0 Å². The van der Waals surface area contributed by atoms with E-state index in [0.717, 1.165) is 16.5 Å². The van der Waals surface area contributed by atoms with E-state index in [1.54, 1.807) is 0 Å². The van der Waals surface area contributed by atoms with Gasteiger partial charge in [0.1, 0.15) is 0 Å². The maximum Gasteiger partial charge on any atom is 0.0705 e. The minimum atomic E-state index is 0.164. The van der Waals surface area contributed by atoms with Crippen molar-refractivity contribution in [3.05, 3.63) is 76.4 Å². The summed E-state index contributed by atoms with van der Waals surface area (Å²) in [5.41, 5.74) is 3.51. The molecule has 0 spiro atoms. The van der Waals surface area contributed by atoms with Crippen molar-refractivity contribution in [3.63, 3.8) is 0 Å². The highest BCUT2D eigenvalue weighted by Crippen LogP contribution is 2.29. The number of nitrogens with zero attached hydrogens (tertiary/aromatic N) is 1. The van der Waals surface area contributed by atoms with E-state index < -0.39 is 0 Å². The van der Waals surface area contributed by atoms with Crippen LogP contribution in [0.1, 0.15) is 24.1 Å². The van der Waals surface area contributed by atoms with E-state index in [1.807, 2.05) is 18.3 Å². The molecule has 0 radical (unpaired) electrons. The first-order valence-electron chi connectivity index (χ1n) is 7.12. The molecule has 0 saturated carbocycles. The van der Waals surface area contributed by atoms with E-state index in [0.29, 0.717) is 0 Å². The summed E-state index contributed by atoms with van der Waals surface area (Å²) in [7, 11) is 0. The number of hydrogen-bond donors (Lipinski definition) is 1. The van der Waals surface area contributed by atoms with Crippen LogP contribution >= 0.6 is 15.9 Å². The van der Waals surface area contributed by atoms with Gasteiger partial charge in [0, 0.05) is 16.1 Å². The third-order valence-electron chi connectivity index (χ3n) is 3.59. The first-order valence-corrected chi connectivity index (χ1v) is 7.91. The van der Waals surface area contributed by atoms with Gasteiger partial charge in [-0.2, -0.15) is 0 Å². The average molecular weight is 341 g/mol. The fourth-order valence-corrected chi connectivity index (χ4v) is 3.10. The van der Waals surface area contributed by atoms with Crippen LogP contribution in [0.15, 0.2) is 65.3 Å². The van der Waals surface area contributed by atoms with Gasteiger partial charge in [-0.1, -0.05) is 59.3 Å². The molecule has 0 saturated heterocycles. The van der Waals surface area contributed by atoms with E-state index in [1.165, 1.54) is 16.5 Å². The predicted octanol–water partition coefficient (Wildman–Crippen LogP) is 4.70. The Morgan fingerprint density at radius 2 is 1.95 bits per heavy atom. The Balaban J connectivity index is 2.09. The van der Waals surface area contributed by atoms with Crippen molar-refractivity contribution < 1.29 is 0 Å². The first kappa shape index (κ1) is 14.2. The lowest BCUT2D eigenvalue weighted by atomic mass is 9.97. The Morgan fingerprint density at radius 3 is 2.76 bits per heavy atom. The highest BCUT2D eigenvalue weighted by atomic mass is 79.9. The number of benzene rings is 2. The van der Waals surface area contributed by atoms with Crippen molar-refractivity contribution in [2.75, 3.05) is 6.54 Å². The maximum atomic E-state index is 4.46. The lowest BCUT2D eigenvalue weighted by Crippen LogP contribution is -2.22. The van der Waals surface area contributed by atoms with Crippen molar-refractivity contribution >= 4 is 26.8 Å². The fourth-order valence-electron chi connectivity index (χ4n) is 2.58. The molecule has 2 aromatic carbocycles. The molecule has 1 heterocycles. The predicted molar refractivity (Wildman–Crippen MR) is 91.4 cm³/mol. The Kier molecular flexibility index (Phi) is 4.32. The zero-order valence-corrected chi connectivity index (χ0v) is 13.5. The largest absolute Gasteiger partial charge is 0.306 e. The fraction of sp³-hybridized carbons (Fsp3) is 0.167. The summed E-state index contributed by atoms with van der Waals surface area (Å²) in [4.78, 5) is 4.46. The molecule has 106 valence electrons. The first-order chi connectivity index (χ1) is 10.3. The lowest BCUT2D eigenvalue weighted by molar-refractivity contribution is 0.629. The molecular formula is C18H17BrN2. The third kappa shape index (κ3) is 2.99. The molecule has 1 aromatic heterocycles. The van der Waals surface area contributed by atoms with Crippen LogP contribution in [0.2, 0.25) is 0 Å². The molecule has 0 aliphatic rings. The number of nitrogens with one attached hydrogen (secondary N) is 1. The summed E-state index contributed by atoms with van der Waals surface area (Å²) < 4.78 is 1.12. The van der Waals surface area contributed by atoms with E-state index in [2.05, 4.69) is 75.6 Å². The molecule has 3 rings (SSSR count). The quantitative estimate of drug-likeness (QED) is 0.744. The third-order valence-corrected chi connectivity index (χ3v) is 4.31. The summed E-state index contributed by atoms with van der Waals surface area (Å²) in [6.45, 7) is 3.04. The van der Waals surface area contributed by atoms with Gasteiger partial charge in [-0.25, -0.2) is 0 Å². The van der Waals surface area contributed by atoms with Crippen LogP contribution in [0.3, 0.4) is 0 Å². The van der Waals surface area contributed by atoms with E-state index >= 15 is 0 Å². The second-order valence-electron chi connectivity index (χ2n) is 4.97. The topological polar surface area (TPSA) is 24.9 Å².